The normalized spacial score (nSPS) is 27.1. The van der Waals surface area contributed by atoms with Gasteiger partial charge in [-0.15, -0.1) is 0 Å². The fourth-order valence-electron chi connectivity index (χ4n) is 3.78. The number of rotatable bonds is 3. The highest BCUT2D eigenvalue weighted by Gasteiger charge is 2.30. The summed E-state index contributed by atoms with van der Waals surface area (Å²) in [5.41, 5.74) is 2.51. The fourth-order valence-corrected chi connectivity index (χ4v) is 3.78. The van der Waals surface area contributed by atoms with Crippen LogP contribution < -0.4 is 0 Å². The van der Waals surface area contributed by atoms with Crippen LogP contribution in [0.15, 0.2) is 18.2 Å². The molecule has 1 heterocycles. The lowest BCUT2D eigenvalue weighted by Gasteiger charge is -2.28. The molecule has 1 aromatic carbocycles. The molecule has 1 fully saturated rings. The lowest BCUT2D eigenvalue weighted by molar-refractivity contribution is 0.207. The van der Waals surface area contributed by atoms with Crippen LogP contribution in [0.3, 0.4) is 0 Å². The van der Waals surface area contributed by atoms with E-state index in [-0.39, 0.29) is 0 Å². The fraction of sp³-hybridized carbons (Fsp3) is 0.625. The molecule has 1 aromatic rings. The summed E-state index contributed by atoms with van der Waals surface area (Å²) in [7, 11) is 4.45. The molecule has 3 nitrogen and oxygen atoms in total. The summed E-state index contributed by atoms with van der Waals surface area (Å²) < 4.78 is 0. The summed E-state index contributed by atoms with van der Waals surface area (Å²) >= 11 is 0. The van der Waals surface area contributed by atoms with Crippen molar-refractivity contribution in [1.29, 1.82) is 0 Å². The van der Waals surface area contributed by atoms with Crippen molar-refractivity contribution in [1.82, 2.24) is 9.80 Å². The van der Waals surface area contributed by atoms with Gasteiger partial charge < -0.3 is 10.0 Å². The highest BCUT2D eigenvalue weighted by atomic mass is 16.3. The van der Waals surface area contributed by atoms with Gasteiger partial charge in [0.2, 0.25) is 0 Å². The quantitative estimate of drug-likeness (QED) is 0.903. The number of fused-ring (bicyclic) bond motifs is 1. The molecular weight excluding hydrogens is 236 g/mol. The molecule has 2 atom stereocenters. The SMILES string of the molecule is CN1CCC(CN(C)C2CCc3c(O)cccc32)C1. The second kappa shape index (κ2) is 5.14. The third-order valence-corrected chi connectivity index (χ3v) is 4.78. The third kappa shape index (κ3) is 2.49. The minimum absolute atomic E-state index is 0.481. The van der Waals surface area contributed by atoms with Crippen LogP contribution in [-0.2, 0) is 6.42 Å². The van der Waals surface area contributed by atoms with Crippen molar-refractivity contribution in [3.8, 4) is 5.75 Å². The molecule has 0 aromatic heterocycles. The van der Waals surface area contributed by atoms with Crippen molar-refractivity contribution in [2.24, 2.45) is 5.92 Å². The highest BCUT2D eigenvalue weighted by Crippen LogP contribution is 2.39. The van der Waals surface area contributed by atoms with Gasteiger partial charge in [0.15, 0.2) is 0 Å². The second-order valence-corrected chi connectivity index (χ2v) is 6.26. The number of phenols is 1. The molecule has 3 heteroatoms. The number of aromatic hydroxyl groups is 1. The van der Waals surface area contributed by atoms with Gasteiger partial charge in [-0.2, -0.15) is 0 Å². The number of hydrogen-bond donors (Lipinski definition) is 1. The molecule has 104 valence electrons. The Bertz CT molecular complexity index is 460. The Morgan fingerprint density at radius 3 is 2.95 bits per heavy atom. The van der Waals surface area contributed by atoms with Gasteiger partial charge >= 0.3 is 0 Å². The molecule has 0 bridgehead atoms. The van der Waals surface area contributed by atoms with Crippen molar-refractivity contribution in [3.05, 3.63) is 29.3 Å². The van der Waals surface area contributed by atoms with E-state index >= 15 is 0 Å². The van der Waals surface area contributed by atoms with Crippen LogP contribution in [0.5, 0.6) is 5.75 Å². The van der Waals surface area contributed by atoms with E-state index in [4.69, 9.17) is 0 Å². The van der Waals surface area contributed by atoms with E-state index in [0.717, 1.165) is 18.8 Å². The maximum absolute atomic E-state index is 9.92. The Balaban J connectivity index is 1.69. The standard InChI is InChI=1S/C16H24N2O/c1-17-9-8-12(10-17)11-18(2)15-7-6-14-13(15)4-3-5-16(14)19/h3-5,12,15,19H,6-11H2,1-2H3. The van der Waals surface area contributed by atoms with Crippen LogP contribution in [0.1, 0.15) is 30.0 Å². The maximum Gasteiger partial charge on any atom is 0.119 e. The first-order valence-electron chi connectivity index (χ1n) is 7.34. The molecule has 0 saturated carbocycles. The van der Waals surface area contributed by atoms with Crippen LogP contribution in [0.25, 0.3) is 0 Å². The predicted octanol–water partition coefficient (Wildman–Crippen LogP) is 2.26. The third-order valence-electron chi connectivity index (χ3n) is 4.78. The van der Waals surface area contributed by atoms with E-state index in [2.05, 4.69) is 30.0 Å². The molecular formula is C16H24N2O. The Morgan fingerprint density at radius 1 is 1.37 bits per heavy atom. The molecule has 2 unspecified atom stereocenters. The molecule has 2 aliphatic rings. The van der Waals surface area contributed by atoms with Crippen LogP contribution in [0.4, 0.5) is 0 Å². The molecule has 3 rings (SSSR count). The van der Waals surface area contributed by atoms with Gasteiger partial charge in [-0.05, 0) is 63.0 Å². The predicted molar refractivity (Wildman–Crippen MR) is 77.4 cm³/mol. The minimum Gasteiger partial charge on any atom is -0.508 e. The first kappa shape index (κ1) is 12.9. The van der Waals surface area contributed by atoms with Gasteiger partial charge in [0.05, 0.1) is 0 Å². The van der Waals surface area contributed by atoms with E-state index in [0.29, 0.717) is 11.8 Å². The van der Waals surface area contributed by atoms with Crippen LogP contribution in [-0.4, -0.2) is 48.6 Å². The van der Waals surface area contributed by atoms with Gasteiger partial charge in [0, 0.05) is 19.1 Å². The molecule has 1 aliphatic carbocycles. The second-order valence-electron chi connectivity index (χ2n) is 6.26. The molecule has 0 radical (unpaired) electrons. The molecule has 1 saturated heterocycles. The summed E-state index contributed by atoms with van der Waals surface area (Å²) in [5, 5.41) is 9.92. The van der Waals surface area contributed by atoms with Gasteiger partial charge in [-0.25, -0.2) is 0 Å². The molecule has 19 heavy (non-hydrogen) atoms. The molecule has 1 aliphatic heterocycles. The smallest absolute Gasteiger partial charge is 0.119 e. The zero-order valence-electron chi connectivity index (χ0n) is 12.0. The summed E-state index contributed by atoms with van der Waals surface area (Å²) in [6.45, 7) is 3.63. The van der Waals surface area contributed by atoms with Crippen molar-refractivity contribution in [2.75, 3.05) is 33.7 Å². The first-order chi connectivity index (χ1) is 9.15. The lowest BCUT2D eigenvalue weighted by Crippen LogP contribution is -2.30. The maximum atomic E-state index is 9.92. The first-order valence-corrected chi connectivity index (χ1v) is 7.34. The van der Waals surface area contributed by atoms with E-state index in [1.807, 2.05) is 12.1 Å². The number of benzene rings is 1. The van der Waals surface area contributed by atoms with Crippen LogP contribution >= 0.6 is 0 Å². The highest BCUT2D eigenvalue weighted by molar-refractivity contribution is 5.44. The van der Waals surface area contributed by atoms with Crippen molar-refractivity contribution < 1.29 is 5.11 Å². The monoisotopic (exact) mass is 260 g/mol. The number of likely N-dealkylation sites (tertiary alicyclic amines) is 1. The van der Waals surface area contributed by atoms with E-state index in [1.165, 1.54) is 37.2 Å². The van der Waals surface area contributed by atoms with Gasteiger partial charge in [0.1, 0.15) is 5.75 Å². The van der Waals surface area contributed by atoms with Crippen LogP contribution in [0, 0.1) is 5.92 Å². The van der Waals surface area contributed by atoms with Crippen LogP contribution in [0.2, 0.25) is 0 Å². The number of phenolic OH excluding ortho intramolecular Hbond substituents is 1. The average molecular weight is 260 g/mol. The zero-order valence-corrected chi connectivity index (χ0v) is 12.0. The minimum atomic E-state index is 0.481. The largest absolute Gasteiger partial charge is 0.508 e. The summed E-state index contributed by atoms with van der Waals surface area (Å²) in [4.78, 5) is 4.92. The average Bonchev–Trinajstić information content (AvgIpc) is 2.96. The van der Waals surface area contributed by atoms with Gasteiger partial charge in [-0.1, -0.05) is 12.1 Å². The molecule has 0 spiro atoms. The number of nitrogens with zero attached hydrogens (tertiary/aromatic N) is 2. The summed E-state index contributed by atoms with van der Waals surface area (Å²) in [6, 6.07) is 6.47. The van der Waals surface area contributed by atoms with E-state index < -0.39 is 0 Å². The van der Waals surface area contributed by atoms with E-state index in [9.17, 15) is 5.11 Å². The van der Waals surface area contributed by atoms with Gasteiger partial charge in [-0.3, -0.25) is 4.90 Å². The topological polar surface area (TPSA) is 26.7 Å². The van der Waals surface area contributed by atoms with Crippen molar-refractivity contribution >= 4 is 0 Å². The molecule has 0 amide bonds. The lowest BCUT2D eigenvalue weighted by atomic mass is 10.0. The van der Waals surface area contributed by atoms with Gasteiger partial charge in [0.25, 0.3) is 0 Å². The summed E-state index contributed by atoms with van der Waals surface area (Å²) in [6.07, 6.45) is 3.48. The zero-order chi connectivity index (χ0) is 13.4. The Hall–Kier alpha value is -1.06. The van der Waals surface area contributed by atoms with Crippen molar-refractivity contribution in [3.63, 3.8) is 0 Å². The summed E-state index contributed by atoms with van der Waals surface area (Å²) in [5.74, 6) is 1.28. The van der Waals surface area contributed by atoms with E-state index in [1.54, 1.807) is 0 Å². The number of hydrogen-bond acceptors (Lipinski definition) is 3. The molecule has 1 N–H and O–H groups in total. The Kier molecular flexibility index (Phi) is 3.50. The Morgan fingerprint density at radius 2 is 2.21 bits per heavy atom. The Labute approximate surface area is 115 Å². The van der Waals surface area contributed by atoms with Crippen molar-refractivity contribution in [2.45, 2.75) is 25.3 Å².